The Kier molecular flexibility index (Phi) is 5.99. The van der Waals surface area contributed by atoms with Crippen LogP contribution in [0.4, 0.5) is 5.13 Å². The minimum absolute atomic E-state index is 0.0328. The molecule has 6 nitrogen and oxygen atoms in total. The Morgan fingerprint density at radius 3 is 2.46 bits per heavy atom. The number of thiazole rings is 1. The number of rotatable bonds is 5. The molecule has 0 aliphatic carbocycles. The highest BCUT2D eigenvalue weighted by Crippen LogP contribution is 2.33. The van der Waals surface area contributed by atoms with Crippen molar-refractivity contribution in [3.8, 4) is 10.4 Å². The molecule has 146 valence electrons. The number of hydrogen-bond donors (Lipinski definition) is 1. The lowest BCUT2D eigenvalue weighted by atomic mass is 10.2. The first-order chi connectivity index (χ1) is 13.2. The summed E-state index contributed by atoms with van der Waals surface area (Å²) in [7, 11) is -0.797. The highest BCUT2D eigenvalue weighted by atomic mass is 79.9. The van der Waals surface area contributed by atoms with Crippen LogP contribution in [0, 0.1) is 6.92 Å². The number of amides is 1. The molecule has 1 aromatic heterocycles. The number of aromatic nitrogens is 1. The van der Waals surface area contributed by atoms with Crippen molar-refractivity contribution in [1.82, 2.24) is 9.29 Å². The summed E-state index contributed by atoms with van der Waals surface area (Å²) in [4.78, 5) is 18.1. The Morgan fingerprint density at radius 1 is 1.14 bits per heavy atom. The van der Waals surface area contributed by atoms with Gasteiger partial charge in [-0.05, 0) is 46.6 Å². The second-order valence-corrected chi connectivity index (χ2v) is 10.2. The standard InChI is InChI=1S/C19H18BrN3O3S2/c1-12-17(13-7-5-4-6-8-13)27-19(21-12)22-18(24)14-9-10-15(20)16(11-14)28(25,26)23(2)3/h4-11H,1-3H3,(H,21,22,24). The van der Waals surface area contributed by atoms with E-state index in [9.17, 15) is 13.2 Å². The molecule has 0 saturated heterocycles. The van der Waals surface area contributed by atoms with Crippen LogP contribution in [0.15, 0.2) is 57.9 Å². The summed E-state index contributed by atoms with van der Waals surface area (Å²) in [5.74, 6) is -0.420. The molecule has 1 amide bonds. The maximum Gasteiger partial charge on any atom is 0.257 e. The molecule has 0 unspecified atom stereocenters. The molecule has 28 heavy (non-hydrogen) atoms. The predicted octanol–water partition coefficient (Wildman–Crippen LogP) is 4.38. The van der Waals surface area contributed by atoms with Gasteiger partial charge in [0.05, 0.1) is 15.5 Å². The van der Waals surface area contributed by atoms with Crippen LogP contribution in [0.25, 0.3) is 10.4 Å². The molecule has 0 spiro atoms. The van der Waals surface area contributed by atoms with Crippen LogP contribution < -0.4 is 5.32 Å². The monoisotopic (exact) mass is 479 g/mol. The zero-order valence-corrected chi connectivity index (χ0v) is 18.7. The van der Waals surface area contributed by atoms with E-state index < -0.39 is 15.9 Å². The Balaban J connectivity index is 1.89. The fraction of sp³-hybridized carbons (Fsp3) is 0.158. The third-order valence-corrected chi connectivity index (χ3v) is 7.94. The molecule has 0 fully saturated rings. The molecular formula is C19H18BrN3O3S2. The molecule has 0 aliphatic heterocycles. The van der Waals surface area contributed by atoms with Gasteiger partial charge >= 0.3 is 0 Å². The Labute approximate surface area is 176 Å². The van der Waals surface area contributed by atoms with Gasteiger partial charge in [-0.1, -0.05) is 41.7 Å². The first-order valence-corrected chi connectivity index (χ1v) is 11.3. The van der Waals surface area contributed by atoms with Gasteiger partial charge in [0, 0.05) is 24.1 Å². The third kappa shape index (κ3) is 4.17. The molecule has 2 aromatic carbocycles. The third-order valence-electron chi connectivity index (χ3n) is 4.01. The van der Waals surface area contributed by atoms with Gasteiger partial charge in [-0.3, -0.25) is 10.1 Å². The van der Waals surface area contributed by atoms with Crippen molar-refractivity contribution in [1.29, 1.82) is 0 Å². The van der Waals surface area contributed by atoms with Crippen molar-refractivity contribution in [2.45, 2.75) is 11.8 Å². The Hall–Kier alpha value is -2.07. The summed E-state index contributed by atoms with van der Waals surface area (Å²) < 4.78 is 26.4. The van der Waals surface area contributed by atoms with Gasteiger partial charge < -0.3 is 0 Å². The second kappa shape index (κ2) is 8.12. The zero-order chi connectivity index (χ0) is 20.5. The number of halogens is 1. The number of benzene rings is 2. The SMILES string of the molecule is Cc1nc(NC(=O)c2ccc(Br)c(S(=O)(=O)N(C)C)c2)sc1-c1ccccc1. The fourth-order valence-corrected chi connectivity index (χ4v) is 5.33. The molecular weight excluding hydrogens is 462 g/mol. The minimum Gasteiger partial charge on any atom is -0.298 e. The molecule has 0 aliphatic rings. The quantitative estimate of drug-likeness (QED) is 0.588. The highest BCUT2D eigenvalue weighted by Gasteiger charge is 2.22. The van der Waals surface area contributed by atoms with E-state index in [1.165, 1.54) is 31.5 Å². The minimum atomic E-state index is -3.68. The van der Waals surface area contributed by atoms with E-state index in [1.54, 1.807) is 12.1 Å². The summed E-state index contributed by atoms with van der Waals surface area (Å²) in [6.07, 6.45) is 0. The molecule has 1 heterocycles. The number of nitrogens with zero attached hydrogens (tertiary/aromatic N) is 2. The average molecular weight is 480 g/mol. The predicted molar refractivity (Wildman–Crippen MR) is 115 cm³/mol. The van der Waals surface area contributed by atoms with Crippen LogP contribution in [0.2, 0.25) is 0 Å². The van der Waals surface area contributed by atoms with Gasteiger partial charge in [-0.15, -0.1) is 0 Å². The van der Waals surface area contributed by atoms with Gasteiger partial charge in [0.2, 0.25) is 10.0 Å². The lowest BCUT2D eigenvalue weighted by molar-refractivity contribution is 0.102. The number of aryl methyl sites for hydroxylation is 1. The molecule has 0 atom stereocenters. The van der Waals surface area contributed by atoms with Crippen molar-refractivity contribution >= 4 is 48.3 Å². The summed E-state index contributed by atoms with van der Waals surface area (Å²) in [5, 5.41) is 3.22. The number of carbonyl (C=O) groups excluding carboxylic acids is 1. The van der Waals surface area contributed by atoms with Crippen LogP contribution in [-0.4, -0.2) is 37.7 Å². The fourth-order valence-electron chi connectivity index (χ4n) is 2.52. The van der Waals surface area contributed by atoms with Crippen molar-refractivity contribution in [2.24, 2.45) is 0 Å². The van der Waals surface area contributed by atoms with E-state index >= 15 is 0 Å². The smallest absolute Gasteiger partial charge is 0.257 e. The normalized spacial score (nSPS) is 11.6. The molecule has 3 rings (SSSR count). The number of carbonyl (C=O) groups is 1. The molecule has 9 heteroatoms. The summed E-state index contributed by atoms with van der Waals surface area (Å²) >= 11 is 4.62. The molecule has 1 N–H and O–H groups in total. The maximum absolute atomic E-state index is 12.7. The summed E-state index contributed by atoms with van der Waals surface area (Å²) in [6.45, 7) is 1.88. The van der Waals surface area contributed by atoms with Crippen LogP contribution in [-0.2, 0) is 10.0 Å². The maximum atomic E-state index is 12.7. The van der Waals surface area contributed by atoms with E-state index in [0.717, 1.165) is 20.4 Å². The largest absolute Gasteiger partial charge is 0.298 e. The number of anilines is 1. The van der Waals surface area contributed by atoms with Gasteiger partial charge in [-0.2, -0.15) is 0 Å². The van der Waals surface area contributed by atoms with Gasteiger partial charge in [-0.25, -0.2) is 17.7 Å². The first-order valence-electron chi connectivity index (χ1n) is 8.26. The van der Waals surface area contributed by atoms with E-state index in [4.69, 9.17) is 0 Å². The van der Waals surface area contributed by atoms with Crippen LogP contribution in [0.3, 0.4) is 0 Å². The molecule has 3 aromatic rings. The Bertz CT molecular complexity index is 1130. The highest BCUT2D eigenvalue weighted by molar-refractivity contribution is 9.10. The van der Waals surface area contributed by atoms with Crippen molar-refractivity contribution < 1.29 is 13.2 Å². The molecule has 0 saturated carbocycles. The number of hydrogen-bond acceptors (Lipinski definition) is 5. The van der Waals surface area contributed by atoms with Crippen LogP contribution >= 0.6 is 27.3 Å². The summed E-state index contributed by atoms with van der Waals surface area (Å²) in [6, 6.07) is 14.3. The van der Waals surface area contributed by atoms with Crippen molar-refractivity contribution in [3.63, 3.8) is 0 Å². The zero-order valence-electron chi connectivity index (χ0n) is 15.4. The molecule has 0 bridgehead atoms. The average Bonchev–Trinajstić information content (AvgIpc) is 3.02. The van der Waals surface area contributed by atoms with E-state index in [2.05, 4.69) is 26.2 Å². The van der Waals surface area contributed by atoms with E-state index in [0.29, 0.717) is 9.60 Å². The lowest BCUT2D eigenvalue weighted by Crippen LogP contribution is -2.23. The number of sulfonamides is 1. The van der Waals surface area contributed by atoms with Crippen LogP contribution in [0.1, 0.15) is 16.1 Å². The van der Waals surface area contributed by atoms with Gasteiger partial charge in [0.15, 0.2) is 5.13 Å². The first kappa shape index (κ1) is 20.7. The topological polar surface area (TPSA) is 79.4 Å². The lowest BCUT2D eigenvalue weighted by Gasteiger charge is -2.13. The van der Waals surface area contributed by atoms with Crippen molar-refractivity contribution in [3.05, 3.63) is 64.3 Å². The van der Waals surface area contributed by atoms with Crippen LogP contribution in [0.5, 0.6) is 0 Å². The van der Waals surface area contributed by atoms with Gasteiger partial charge in [0.25, 0.3) is 5.91 Å². The van der Waals surface area contributed by atoms with E-state index in [1.807, 2.05) is 37.3 Å². The van der Waals surface area contributed by atoms with E-state index in [-0.39, 0.29) is 10.5 Å². The number of nitrogens with one attached hydrogen (secondary N) is 1. The summed E-state index contributed by atoms with van der Waals surface area (Å²) in [5.41, 5.74) is 2.08. The molecule has 0 radical (unpaired) electrons. The van der Waals surface area contributed by atoms with Gasteiger partial charge in [0.1, 0.15) is 0 Å². The van der Waals surface area contributed by atoms with Crippen molar-refractivity contribution in [2.75, 3.05) is 19.4 Å². The second-order valence-electron chi connectivity index (χ2n) is 6.19. The Morgan fingerprint density at radius 2 is 1.82 bits per heavy atom.